The first-order valence-electron chi connectivity index (χ1n) is 12.6. The summed E-state index contributed by atoms with van der Waals surface area (Å²) >= 11 is 0. The minimum absolute atomic E-state index is 0.0719. The maximum absolute atomic E-state index is 14.3. The summed E-state index contributed by atoms with van der Waals surface area (Å²) in [7, 11) is 2.91. The maximum atomic E-state index is 14.3. The topological polar surface area (TPSA) is 123 Å². The summed E-state index contributed by atoms with van der Waals surface area (Å²) in [6, 6.07) is 8.32. The molecule has 1 amide bonds. The number of alkyl halides is 3. The summed E-state index contributed by atoms with van der Waals surface area (Å²) in [5.74, 6) is 0.265. The van der Waals surface area contributed by atoms with Gasteiger partial charge in [-0.3, -0.25) is 9.59 Å². The van der Waals surface area contributed by atoms with Crippen LogP contribution in [0.1, 0.15) is 17.5 Å². The zero-order valence-corrected chi connectivity index (χ0v) is 21.9. The van der Waals surface area contributed by atoms with Gasteiger partial charge in [0, 0.05) is 42.5 Å². The molecule has 13 heteroatoms. The number of carbonyl (C=O) groups is 1. The molecule has 1 aromatic heterocycles. The van der Waals surface area contributed by atoms with Crippen molar-refractivity contribution in [3.63, 3.8) is 0 Å². The summed E-state index contributed by atoms with van der Waals surface area (Å²) in [5.41, 5.74) is 4.50. The van der Waals surface area contributed by atoms with E-state index in [1.807, 2.05) is 0 Å². The van der Waals surface area contributed by atoms with Crippen LogP contribution in [-0.4, -0.2) is 67.3 Å². The molecule has 0 saturated carbocycles. The molecule has 0 spiro atoms. The number of aromatic nitrogens is 2. The van der Waals surface area contributed by atoms with Crippen molar-refractivity contribution in [1.82, 2.24) is 9.78 Å². The molecule has 1 unspecified atom stereocenters. The zero-order chi connectivity index (χ0) is 28.8. The monoisotopic (exact) mass is 559 g/mol. The van der Waals surface area contributed by atoms with Gasteiger partial charge in [-0.1, -0.05) is 0 Å². The van der Waals surface area contributed by atoms with Gasteiger partial charge in [0.1, 0.15) is 17.2 Å². The third-order valence-electron chi connectivity index (χ3n) is 7.17. The average molecular weight is 560 g/mol. The van der Waals surface area contributed by atoms with Crippen LogP contribution < -0.4 is 30.6 Å². The molecule has 5 rings (SSSR count). The Morgan fingerprint density at radius 2 is 1.82 bits per heavy atom. The van der Waals surface area contributed by atoms with Gasteiger partial charge >= 0.3 is 6.18 Å². The zero-order valence-electron chi connectivity index (χ0n) is 21.9. The number of nitrogens with zero attached hydrogens (tertiary/aromatic N) is 4. The highest BCUT2D eigenvalue weighted by Gasteiger charge is 2.38. The Labute approximate surface area is 227 Å². The summed E-state index contributed by atoms with van der Waals surface area (Å²) in [6.07, 6.45) is -4.72. The van der Waals surface area contributed by atoms with Crippen LogP contribution in [0.2, 0.25) is 0 Å². The minimum atomic E-state index is -4.81. The minimum Gasteiger partial charge on any atom is -0.497 e. The van der Waals surface area contributed by atoms with Crippen LogP contribution in [0.5, 0.6) is 11.5 Å². The van der Waals surface area contributed by atoms with E-state index >= 15 is 0 Å². The highest BCUT2D eigenvalue weighted by Crippen LogP contribution is 2.39. The lowest BCUT2D eigenvalue weighted by molar-refractivity contribution is -0.137. The fraction of sp³-hybridized carbons (Fsp3) is 0.370. The number of β-amino-alcohol motifs (C(OH)–C–C–N with tert-alkyl or cyclic N) is 1. The van der Waals surface area contributed by atoms with Crippen LogP contribution in [0.4, 0.5) is 24.5 Å². The van der Waals surface area contributed by atoms with Crippen molar-refractivity contribution in [2.24, 2.45) is 5.73 Å². The molecular formula is C27H28F3N5O5. The number of amides is 1. The van der Waals surface area contributed by atoms with E-state index in [0.717, 1.165) is 6.07 Å². The first-order chi connectivity index (χ1) is 19.0. The fourth-order valence-electron chi connectivity index (χ4n) is 5.20. The molecule has 2 aliphatic rings. The summed E-state index contributed by atoms with van der Waals surface area (Å²) in [4.78, 5) is 29.5. The number of nitrogens with two attached hydrogens (primary N) is 1. The molecule has 3 aromatic rings. The molecular weight excluding hydrogens is 531 g/mol. The van der Waals surface area contributed by atoms with Crippen LogP contribution >= 0.6 is 0 Å². The normalized spacial score (nSPS) is 16.8. The second kappa shape index (κ2) is 10.5. The second-order valence-corrected chi connectivity index (χ2v) is 9.58. The Balaban J connectivity index is 1.81. The van der Waals surface area contributed by atoms with Gasteiger partial charge < -0.3 is 30.1 Å². The quantitative estimate of drug-likeness (QED) is 0.472. The van der Waals surface area contributed by atoms with Crippen LogP contribution in [-0.2, 0) is 17.4 Å². The number of rotatable bonds is 6. The Bertz CT molecular complexity index is 1500. The van der Waals surface area contributed by atoms with Crippen molar-refractivity contribution in [2.45, 2.75) is 25.1 Å². The largest absolute Gasteiger partial charge is 0.497 e. The van der Waals surface area contributed by atoms with E-state index in [-0.39, 0.29) is 37.4 Å². The van der Waals surface area contributed by atoms with Gasteiger partial charge in [-0.05, 0) is 43.2 Å². The third kappa shape index (κ3) is 4.86. The Kier molecular flexibility index (Phi) is 7.19. The highest BCUT2D eigenvalue weighted by atomic mass is 19.4. The molecule has 1 saturated heterocycles. The van der Waals surface area contributed by atoms with E-state index < -0.39 is 35.0 Å². The van der Waals surface area contributed by atoms with Crippen LogP contribution in [0, 0.1) is 0 Å². The molecule has 40 heavy (non-hydrogen) atoms. The summed E-state index contributed by atoms with van der Waals surface area (Å²) in [5, 5.41) is 14.4. The van der Waals surface area contributed by atoms with Gasteiger partial charge in [0.2, 0.25) is 5.91 Å². The second-order valence-electron chi connectivity index (χ2n) is 9.58. The molecule has 1 fully saturated rings. The lowest BCUT2D eigenvalue weighted by Gasteiger charge is -2.23. The maximum Gasteiger partial charge on any atom is 0.418 e. The van der Waals surface area contributed by atoms with Gasteiger partial charge in [0.15, 0.2) is 0 Å². The van der Waals surface area contributed by atoms with Crippen molar-refractivity contribution < 1.29 is 32.5 Å². The molecule has 3 heterocycles. The van der Waals surface area contributed by atoms with E-state index in [9.17, 15) is 27.9 Å². The molecule has 2 aliphatic heterocycles. The van der Waals surface area contributed by atoms with Crippen LogP contribution in [0.3, 0.4) is 0 Å². The highest BCUT2D eigenvalue weighted by molar-refractivity contribution is 5.97. The lowest BCUT2D eigenvalue weighted by Crippen LogP contribution is -2.39. The summed E-state index contributed by atoms with van der Waals surface area (Å²) in [6.45, 7) is 0.416. The standard InChI is InChI=1S/C27H28F3N5O5/c1-39-18-9-15(10-19(12-18)40-2)24-20-6-8-34(23(37)13-31)25(20)26(38)35(32-24)22-11-16(33-7-5-17(36)14-33)3-4-21(22)27(28,29)30/h3-4,9-12,17,36H,5-8,13-14,31H2,1-2H3. The van der Waals surface area contributed by atoms with Crippen molar-refractivity contribution in [3.8, 4) is 28.4 Å². The van der Waals surface area contributed by atoms with Gasteiger partial charge in [-0.15, -0.1) is 0 Å². The van der Waals surface area contributed by atoms with Gasteiger partial charge in [0.05, 0.1) is 43.8 Å². The number of aliphatic hydroxyl groups is 1. The first-order valence-corrected chi connectivity index (χ1v) is 12.6. The Morgan fingerprint density at radius 1 is 1.12 bits per heavy atom. The molecule has 3 N–H and O–H groups in total. The van der Waals surface area contributed by atoms with E-state index in [0.29, 0.717) is 46.0 Å². The molecule has 1 atom stereocenters. The van der Waals surface area contributed by atoms with E-state index in [4.69, 9.17) is 15.2 Å². The Morgan fingerprint density at radius 3 is 2.40 bits per heavy atom. The number of halogens is 3. The number of benzene rings is 2. The SMILES string of the molecule is COc1cc(OC)cc(-c2nn(-c3cc(N4CCC(O)C4)ccc3C(F)(F)F)c(=O)c3c2CCN3C(=O)CN)c1. The van der Waals surface area contributed by atoms with Crippen molar-refractivity contribution in [1.29, 1.82) is 0 Å². The van der Waals surface area contributed by atoms with Gasteiger partial charge in [-0.25, -0.2) is 0 Å². The predicted molar refractivity (Wildman–Crippen MR) is 141 cm³/mol. The Hall–Kier alpha value is -4.10. The molecule has 0 radical (unpaired) electrons. The number of fused-ring (bicyclic) bond motifs is 1. The number of hydrogen-bond acceptors (Lipinski definition) is 8. The number of hydrogen-bond donors (Lipinski definition) is 2. The van der Waals surface area contributed by atoms with Crippen LogP contribution in [0.25, 0.3) is 16.9 Å². The summed E-state index contributed by atoms with van der Waals surface area (Å²) < 4.78 is 54.3. The molecule has 2 aromatic carbocycles. The van der Waals surface area contributed by atoms with Crippen molar-refractivity contribution in [2.75, 3.05) is 50.2 Å². The van der Waals surface area contributed by atoms with Crippen molar-refractivity contribution >= 4 is 17.3 Å². The lowest BCUT2D eigenvalue weighted by atomic mass is 10.0. The van der Waals surface area contributed by atoms with Crippen LogP contribution in [0.15, 0.2) is 41.2 Å². The molecule has 0 aliphatic carbocycles. The van der Waals surface area contributed by atoms with Gasteiger partial charge in [0.25, 0.3) is 5.56 Å². The number of methoxy groups -OCH3 is 2. The first kappa shape index (κ1) is 27.5. The van der Waals surface area contributed by atoms with Crippen molar-refractivity contribution in [3.05, 3.63) is 57.9 Å². The molecule has 212 valence electrons. The number of anilines is 2. The molecule has 0 bridgehead atoms. The predicted octanol–water partition coefficient (Wildman–Crippen LogP) is 2.35. The average Bonchev–Trinajstić information content (AvgIpc) is 3.59. The fourth-order valence-corrected chi connectivity index (χ4v) is 5.20. The molecule has 10 nitrogen and oxygen atoms in total. The van der Waals surface area contributed by atoms with Gasteiger partial charge in [-0.2, -0.15) is 23.0 Å². The third-order valence-corrected chi connectivity index (χ3v) is 7.17. The van der Waals surface area contributed by atoms with E-state index in [2.05, 4.69) is 5.10 Å². The number of carbonyl (C=O) groups excluding carboxylic acids is 1. The number of aliphatic hydroxyl groups excluding tert-OH is 1. The van der Waals surface area contributed by atoms with E-state index in [1.165, 1.54) is 31.3 Å². The smallest absolute Gasteiger partial charge is 0.418 e. The van der Waals surface area contributed by atoms with E-state index in [1.54, 1.807) is 23.1 Å². The number of ether oxygens (including phenoxy) is 2.